The number of halogens is 1. The fourth-order valence-corrected chi connectivity index (χ4v) is 3.35. The van der Waals surface area contributed by atoms with E-state index in [9.17, 15) is 0 Å². The van der Waals surface area contributed by atoms with Crippen molar-refractivity contribution >= 4 is 15.9 Å². The number of hydrogen-bond donors (Lipinski definition) is 0. The van der Waals surface area contributed by atoms with Crippen LogP contribution in [-0.2, 0) is 0 Å². The van der Waals surface area contributed by atoms with E-state index in [2.05, 4.69) is 54.9 Å². The second-order valence-corrected chi connectivity index (χ2v) is 6.10. The minimum absolute atomic E-state index is 0.711. The molecular weight excluding hydrogens is 248 g/mol. The highest BCUT2D eigenvalue weighted by molar-refractivity contribution is 9.09. The van der Waals surface area contributed by atoms with Crippen LogP contribution in [0.4, 0.5) is 0 Å². The summed E-state index contributed by atoms with van der Waals surface area (Å²) in [5.74, 6) is 1.53. The second kappa shape index (κ2) is 4.29. The van der Waals surface area contributed by atoms with E-state index < -0.39 is 0 Å². The van der Waals surface area contributed by atoms with Crippen molar-refractivity contribution in [2.45, 2.75) is 44.4 Å². The summed E-state index contributed by atoms with van der Waals surface area (Å²) < 4.78 is 0. The van der Waals surface area contributed by atoms with Gasteiger partial charge < -0.3 is 0 Å². The summed E-state index contributed by atoms with van der Waals surface area (Å²) in [6, 6.07) is 6.85. The van der Waals surface area contributed by atoms with Gasteiger partial charge in [0.05, 0.1) is 0 Å². The molecule has 0 aromatic heterocycles. The van der Waals surface area contributed by atoms with Crippen LogP contribution >= 0.6 is 15.9 Å². The summed E-state index contributed by atoms with van der Waals surface area (Å²) >= 11 is 3.78. The van der Waals surface area contributed by atoms with Gasteiger partial charge in [0.15, 0.2) is 0 Å². The van der Waals surface area contributed by atoms with Gasteiger partial charge in [0.25, 0.3) is 0 Å². The third-order valence-electron chi connectivity index (χ3n) is 3.79. The summed E-state index contributed by atoms with van der Waals surface area (Å²) in [5, 5.41) is 0. The van der Waals surface area contributed by atoms with Gasteiger partial charge in [-0.2, -0.15) is 0 Å². The molecule has 3 atom stereocenters. The van der Waals surface area contributed by atoms with Gasteiger partial charge in [-0.15, -0.1) is 0 Å². The van der Waals surface area contributed by atoms with E-state index in [-0.39, 0.29) is 0 Å². The predicted octanol–water partition coefficient (Wildman–Crippen LogP) is 4.58. The van der Waals surface area contributed by atoms with Crippen LogP contribution in [0.5, 0.6) is 0 Å². The lowest BCUT2D eigenvalue weighted by Gasteiger charge is -2.20. The third-order valence-corrected chi connectivity index (χ3v) is 5.08. The maximum Gasteiger partial charge on any atom is 0.0177 e. The van der Waals surface area contributed by atoms with Crippen LogP contribution in [-0.4, -0.2) is 4.83 Å². The van der Waals surface area contributed by atoms with Gasteiger partial charge in [-0.05, 0) is 49.7 Å². The summed E-state index contributed by atoms with van der Waals surface area (Å²) in [7, 11) is 0. The molecule has 0 saturated heterocycles. The molecule has 0 bridgehead atoms. The van der Waals surface area contributed by atoms with Gasteiger partial charge in [0.1, 0.15) is 0 Å². The average molecular weight is 267 g/mol. The average Bonchev–Trinajstić information content (AvgIpc) is 2.52. The molecule has 1 fully saturated rings. The third kappa shape index (κ3) is 2.13. The van der Waals surface area contributed by atoms with E-state index in [4.69, 9.17) is 0 Å². The fraction of sp³-hybridized carbons (Fsp3) is 0.571. The molecule has 3 unspecified atom stereocenters. The van der Waals surface area contributed by atoms with Gasteiger partial charge in [0, 0.05) is 4.83 Å². The van der Waals surface area contributed by atoms with Crippen LogP contribution in [0.1, 0.15) is 42.4 Å². The predicted molar refractivity (Wildman–Crippen MR) is 69.8 cm³/mol. The first-order valence-electron chi connectivity index (χ1n) is 5.81. The Labute approximate surface area is 101 Å². The van der Waals surface area contributed by atoms with Crippen molar-refractivity contribution in [3.05, 3.63) is 34.9 Å². The SMILES string of the molecule is Cc1ccc(C)c(C2CCC(Br)C2C)c1. The van der Waals surface area contributed by atoms with E-state index in [0.717, 1.165) is 11.8 Å². The molecule has 0 nitrogen and oxygen atoms in total. The van der Waals surface area contributed by atoms with Crippen molar-refractivity contribution in [3.63, 3.8) is 0 Å². The molecule has 1 aliphatic rings. The Hall–Kier alpha value is -0.300. The molecular formula is C14H19Br. The molecule has 1 aromatic rings. The lowest BCUT2D eigenvalue weighted by atomic mass is 9.86. The van der Waals surface area contributed by atoms with Gasteiger partial charge in [-0.25, -0.2) is 0 Å². The Bertz CT molecular complexity index is 356. The number of benzene rings is 1. The molecule has 0 N–H and O–H groups in total. The zero-order valence-electron chi connectivity index (χ0n) is 9.76. The van der Waals surface area contributed by atoms with Crippen molar-refractivity contribution in [1.29, 1.82) is 0 Å². The standard InChI is InChI=1S/C14H19Br/c1-9-4-5-10(2)13(8-9)12-6-7-14(15)11(12)3/h4-5,8,11-12,14H,6-7H2,1-3H3. The molecule has 0 amide bonds. The Morgan fingerprint density at radius 3 is 2.53 bits per heavy atom. The molecule has 0 aliphatic heterocycles. The highest BCUT2D eigenvalue weighted by atomic mass is 79.9. The van der Waals surface area contributed by atoms with Crippen molar-refractivity contribution < 1.29 is 0 Å². The minimum Gasteiger partial charge on any atom is -0.0888 e. The Kier molecular flexibility index (Phi) is 3.20. The van der Waals surface area contributed by atoms with Gasteiger partial charge in [0.2, 0.25) is 0 Å². The molecule has 82 valence electrons. The monoisotopic (exact) mass is 266 g/mol. The number of aryl methyl sites for hydroxylation is 2. The van der Waals surface area contributed by atoms with Crippen molar-refractivity contribution in [2.75, 3.05) is 0 Å². The zero-order valence-corrected chi connectivity index (χ0v) is 11.3. The molecule has 0 radical (unpaired) electrons. The zero-order chi connectivity index (χ0) is 11.0. The van der Waals surface area contributed by atoms with E-state index >= 15 is 0 Å². The van der Waals surface area contributed by atoms with E-state index in [1.165, 1.54) is 24.0 Å². The first kappa shape index (κ1) is 11.2. The minimum atomic E-state index is 0.711. The lowest BCUT2D eigenvalue weighted by molar-refractivity contribution is 0.542. The van der Waals surface area contributed by atoms with Gasteiger partial charge >= 0.3 is 0 Å². The van der Waals surface area contributed by atoms with Crippen molar-refractivity contribution in [2.24, 2.45) is 5.92 Å². The van der Waals surface area contributed by atoms with E-state index in [1.54, 1.807) is 5.56 Å². The lowest BCUT2D eigenvalue weighted by Crippen LogP contribution is -2.10. The fourth-order valence-electron chi connectivity index (χ4n) is 2.71. The Morgan fingerprint density at radius 1 is 1.20 bits per heavy atom. The largest absolute Gasteiger partial charge is 0.0888 e. The molecule has 0 spiro atoms. The molecule has 2 rings (SSSR count). The Morgan fingerprint density at radius 2 is 1.93 bits per heavy atom. The first-order chi connectivity index (χ1) is 7.09. The van der Waals surface area contributed by atoms with Gasteiger partial charge in [-0.3, -0.25) is 0 Å². The van der Waals surface area contributed by atoms with E-state index in [1.807, 2.05) is 0 Å². The van der Waals surface area contributed by atoms with Crippen LogP contribution in [0.2, 0.25) is 0 Å². The maximum atomic E-state index is 3.78. The van der Waals surface area contributed by atoms with Crippen LogP contribution < -0.4 is 0 Å². The smallest absolute Gasteiger partial charge is 0.0177 e. The van der Waals surface area contributed by atoms with Crippen LogP contribution in [0, 0.1) is 19.8 Å². The number of rotatable bonds is 1. The maximum absolute atomic E-state index is 3.78. The van der Waals surface area contributed by atoms with Gasteiger partial charge in [-0.1, -0.05) is 46.6 Å². The quantitative estimate of drug-likeness (QED) is 0.653. The van der Waals surface area contributed by atoms with Crippen LogP contribution in [0.3, 0.4) is 0 Å². The first-order valence-corrected chi connectivity index (χ1v) is 6.72. The number of alkyl halides is 1. The topological polar surface area (TPSA) is 0 Å². The molecule has 15 heavy (non-hydrogen) atoms. The van der Waals surface area contributed by atoms with Crippen molar-refractivity contribution in [1.82, 2.24) is 0 Å². The molecule has 1 saturated carbocycles. The molecule has 0 heterocycles. The van der Waals surface area contributed by atoms with Crippen molar-refractivity contribution in [3.8, 4) is 0 Å². The van der Waals surface area contributed by atoms with Crippen LogP contribution in [0.25, 0.3) is 0 Å². The molecule has 1 aliphatic carbocycles. The summed E-state index contributed by atoms with van der Waals surface area (Å²) in [6.07, 6.45) is 2.65. The summed E-state index contributed by atoms with van der Waals surface area (Å²) in [6.45, 7) is 6.80. The number of hydrogen-bond acceptors (Lipinski definition) is 0. The van der Waals surface area contributed by atoms with E-state index in [0.29, 0.717) is 4.83 Å². The highest BCUT2D eigenvalue weighted by Gasteiger charge is 2.32. The highest BCUT2D eigenvalue weighted by Crippen LogP contribution is 2.43. The summed E-state index contributed by atoms with van der Waals surface area (Å²) in [5.41, 5.74) is 4.42. The summed E-state index contributed by atoms with van der Waals surface area (Å²) in [4.78, 5) is 0.711. The second-order valence-electron chi connectivity index (χ2n) is 4.92. The Balaban J connectivity index is 2.33. The van der Waals surface area contributed by atoms with Crippen LogP contribution in [0.15, 0.2) is 18.2 Å². The molecule has 1 heteroatoms. The normalized spacial score (nSPS) is 30.8. The molecule has 1 aromatic carbocycles.